The Hall–Kier alpha value is -6.93. The van der Waals surface area contributed by atoms with E-state index in [4.69, 9.17) is 14.2 Å². The zero-order chi connectivity index (χ0) is 46.8. The Balaban J connectivity index is 0.000000236. The number of halogens is 1. The van der Waals surface area contributed by atoms with Gasteiger partial charge in [-0.15, -0.1) is 6.42 Å². The summed E-state index contributed by atoms with van der Waals surface area (Å²) in [6.45, 7) is 6.61. The Morgan fingerprint density at radius 1 is 0.662 bits per heavy atom. The van der Waals surface area contributed by atoms with Crippen LogP contribution in [-0.4, -0.2) is 110 Å². The third-order valence-electron chi connectivity index (χ3n) is 10.0. The van der Waals surface area contributed by atoms with E-state index in [1.54, 1.807) is 66.4 Å². The number of aromatic nitrogens is 4. The van der Waals surface area contributed by atoms with E-state index >= 15 is 0 Å². The van der Waals surface area contributed by atoms with Crippen molar-refractivity contribution in [2.75, 3.05) is 44.7 Å². The predicted molar refractivity (Wildman–Crippen MR) is 244 cm³/mol. The van der Waals surface area contributed by atoms with Crippen molar-refractivity contribution >= 4 is 57.1 Å². The maximum absolute atomic E-state index is 13.2. The lowest BCUT2D eigenvalue weighted by Gasteiger charge is -2.30. The number of alkyl halides is 1. The van der Waals surface area contributed by atoms with E-state index in [1.807, 2.05) is 72.8 Å². The molecule has 2 aromatic carbocycles. The third kappa shape index (κ3) is 16.6. The van der Waals surface area contributed by atoms with E-state index in [0.29, 0.717) is 74.3 Å². The number of piperidine rings is 2. The molecule has 2 aliphatic rings. The minimum absolute atomic E-state index is 0.0764. The number of esters is 2. The summed E-state index contributed by atoms with van der Waals surface area (Å²) in [5.41, 5.74) is 3.12. The van der Waals surface area contributed by atoms with Crippen LogP contribution in [0.25, 0.3) is 5.52 Å². The van der Waals surface area contributed by atoms with Crippen molar-refractivity contribution in [2.45, 2.75) is 52.7 Å². The maximum atomic E-state index is 13.2. The number of carbonyl (C=O) groups excluding carboxylic acids is 6. The molecule has 342 valence electrons. The summed E-state index contributed by atoms with van der Waals surface area (Å²) in [5, 5.41) is 11.7. The number of nitrogens with zero attached hydrogens (tertiary/aromatic N) is 6. The number of terminal acetylenes is 1. The van der Waals surface area contributed by atoms with E-state index in [0.717, 1.165) is 24.0 Å². The number of ether oxygens (including phenoxy) is 4. The maximum Gasteiger partial charge on any atom is 0.410 e. The molecule has 0 unspecified atom stereocenters. The van der Waals surface area contributed by atoms with E-state index in [1.165, 1.54) is 4.52 Å². The van der Waals surface area contributed by atoms with Gasteiger partial charge in [-0.25, -0.2) is 23.7 Å². The minimum atomic E-state index is -0.595. The van der Waals surface area contributed by atoms with E-state index in [9.17, 15) is 28.8 Å². The van der Waals surface area contributed by atoms with Crippen molar-refractivity contribution < 1.29 is 47.7 Å². The standard InChI is InChI=1S/C24H25N3O5.C15H18BrNO3.C5H6O2.C4H4N2/c1-2-31-23(29)19-15-21(27-20(19)9-6-12-25-27)22(28)18-10-13-26(14-11-18)24(30)32-16-17-7-4-3-5-8-17;16-10-14(18)13-6-8-17(9-7-13)15(19)20-11-12-4-2-1-3-5-12;1-3-5(6)7-4-2;1-2-4-6-5-3-1/h3-9,12,15,18H,2,10-11,13-14,16H2,1H3;1-5,13H,6-11H2;1H,4H2,2H3;1-4H. The smallest absolute Gasteiger partial charge is 0.410 e. The predicted octanol–water partition coefficient (Wildman–Crippen LogP) is 7.40. The van der Waals surface area contributed by atoms with Crippen molar-refractivity contribution in [1.82, 2.24) is 29.6 Å². The van der Waals surface area contributed by atoms with Crippen molar-refractivity contribution in [2.24, 2.45) is 11.8 Å². The van der Waals surface area contributed by atoms with Gasteiger partial charge in [0.2, 0.25) is 0 Å². The topological polar surface area (TPSA) is 189 Å². The Morgan fingerprint density at radius 3 is 1.60 bits per heavy atom. The largest absolute Gasteiger partial charge is 0.462 e. The minimum Gasteiger partial charge on any atom is -0.462 e. The Kier molecular flexibility index (Phi) is 21.8. The molecular weight excluding hydrogens is 900 g/mol. The van der Waals surface area contributed by atoms with Crippen molar-refractivity contribution in [3.8, 4) is 12.3 Å². The molecule has 17 heteroatoms. The first kappa shape index (κ1) is 50.7. The number of likely N-dealkylation sites (tertiary alicyclic amines) is 2. The van der Waals surface area contributed by atoms with Gasteiger partial charge in [-0.05, 0) is 81.0 Å². The number of hydrogen-bond acceptors (Lipinski definition) is 13. The molecule has 2 amide bonds. The highest BCUT2D eigenvalue weighted by atomic mass is 79.9. The van der Waals surface area contributed by atoms with Gasteiger partial charge >= 0.3 is 24.1 Å². The summed E-state index contributed by atoms with van der Waals surface area (Å²) in [4.78, 5) is 74.7. The molecule has 0 aliphatic carbocycles. The Labute approximate surface area is 386 Å². The second kappa shape index (κ2) is 28.0. The number of ketones is 2. The molecular formula is C48H53BrN6O10. The van der Waals surface area contributed by atoms with Crippen LogP contribution in [-0.2, 0) is 41.8 Å². The number of rotatable bonds is 11. The van der Waals surface area contributed by atoms with Gasteiger partial charge in [0.05, 0.1) is 29.6 Å². The van der Waals surface area contributed by atoms with E-state index in [-0.39, 0.29) is 48.8 Å². The highest BCUT2D eigenvalue weighted by Gasteiger charge is 2.32. The lowest BCUT2D eigenvalue weighted by molar-refractivity contribution is -0.136. The summed E-state index contributed by atoms with van der Waals surface area (Å²) in [7, 11) is 0. The highest BCUT2D eigenvalue weighted by molar-refractivity contribution is 9.09. The van der Waals surface area contributed by atoms with Crippen molar-refractivity contribution in [3.63, 3.8) is 0 Å². The number of benzene rings is 2. The van der Waals surface area contributed by atoms with Crippen LogP contribution in [0.2, 0.25) is 0 Å². The second-order valence-electron chi connectivity index (χ2n) is 14.3. The van der Waals surface area contributed by atoms with Gasteiger partial charge in [-0.1, -0.05) is 76.6 Å². The number of hydrogen-bond donors (Lipinski definition) is 0. The molecule has 0 N–H and O–H groups in total. The lowest BCUT2D eigenvalue weighted by atomic mass is 9.91. The fourth-order valence-electron chi connectivity index (χ4n) is 6.66. The van der Waals surface area contributed by atoms with Crippen LogP contribution in [0, 0.1) is 24.2 Å². The molecule has 5 aromatic rings. The molecule has 0 spiro atoms. The molecule has 7 rings (SSSR count). The Morgan fingerprint density at radius 2 is 1.17 bits per heavy atom. The first-order chi connectivity index (χ1) is 31.6. The van der Waals surface area contributed by atoms with Crippen LogP contribution < -0.4 is 0 Å². The van der Waals surface area contributed by atoms with Crippen LogP contribution in [0.15, 0.2) is 110 Å². The molecule has 0 atom stereocenters. The fraction of sp³-hybridized carbons (Fsp3) is 0.354. The second-order valence-corrected chi connectivity index (χ2v) is 14.9. The first-order valence-corrected chi connectivity index (χ1v) is 22.2. The molecule has 2 fully saturated rings. The van der Waals surface area contributed by atoms with Gasteiger partial charge in [0, 0.05) is 62.5 Å². The van der Waals surface area contributed by atoms with Crippen LogP contribution >= 0.6 is 15.9 Å². The average molecular weight is 954 g/mol. The molecule has 3 aromatic heterocycles. The van der Waals surface area contributed by atoms with Gasteiger partial charge in [0.25, 0.3) is 0 Å². The quantitative estimate of drug-likeness (QED) is 0.0318. The van der Waals surface area contributed by atoms with Crippen molar-refractivity contribution in [1.29, 1.82) is 0 Å². The van der Waals surface area contributed by atoms with Crippen LogP contribution in [0.3, 0.4) is 0 Å². The molecule has 2 saturated heterocycles. The average Bonchev–Trinajstić information content (AvgIpc) is 3.76. The SMILES string of the molecule is C#CC(=O)OCC.CCOC(=O)c1cc(C(=O)C2CCN(C(=O)OCc3ccccc3)CC2)n2ncccc12.O=C(CBr)C1CCN(C(=O)OCc2ccccc2)CC1.c1ccnnc1. The van der Waals surface area contributed by atoms with Gasteiger partial charge in [0.15, 0.2) is 5.78 Å². The molecule has 65 heavy (non-hydrogen) atoms. The summed E-state index contributed by atoms with van der Waals surface area (Å²) in [6.07, 6.45) is 11.3. The first-order valence-electron chi connectivity index (χ1n) is 21.1. The van der Waals surface area contributed by atoms with E-state index < -0.39 is 11.9 Å². The molecule has 0 bridgehead atoms. The van der Waals surface area contributed by atoms with E-state index in [2.05, 4.69) is 42.4 Å². The lowest BCUT2D eigenvalue weighted by Crippen LogP contribution is -2.40. The third-order valence-corrected chi connectivity index (χ3v) is 10.6. The number of amides is 2. The Bertz CT molecular complexity index is 2280. The number of fused-ring (bicyclic) bond motifs is 1. The molecule has 2 aliphatic heterocycles. The van der Waals surface area contributed by atoms with Gasteiger partial charge in [-0.3, -0.25) is 9.59 Å². The van der Waals surface area contributed by atoms with Crippen LogP contribution in [0.1, 0.15) is 71.5 Å². The van der Waals surface area contributed by atoms with Gasteiger partial charge < -0.3 is 28.7 Å². The zero-order valence-corrected chi connectivity index (χ0v) is 38.0. The van der Waals surface area contributed by atoms with Crippen LogP contribution in [0.5, 0.6) is 0 Å². The number of Topliss-reactive ketones (excluding diaryl/α,β-unsaturated/α-hetero) is 2. The van der Waals surface area contributed by atoms with Gasteiger partial charge in [0.1, 0.15) is 24.7 Å². The summed E-state index contributed by atoms with van der Waals surface area (Å²) in [5.74, 6) is 0.680. The molecule has 0 radical (unpaired) electrons. The number of carbonyl (C=O) groups is 6. The molecule has 0 saturated carbocycles. The summed E-state index contributed by atoms with van der Waals surface area (Å²) >= 11 is 3.19. The van der Waals surface area contributed by atoms with Crippen LogP contribution in [0.4, 0.5) is 9.59 Å². The fourth-order valence-corrected chi connectivity index (χ4v) is 7.12. The summed E-state index contributed by atoms with van der Waals surface area (Å²) in [6, 6.07) is 27.8. The van der Waals surface area contributed by atoms with Gasteiger partial charge in [-0.2, -0.15) is 15.3 Å². The van der Waals surface area contributed by atoms with Crippen molar-refractivity contribution in [3.05, 3.63) is 132 Å². The molecule has 5 heterocycles. The normalized spacial score (nSPS) is 13.4. The zero-order valence-electron chi connectivity index (χ0n) is 36.5. The molecule has 16 nitrogen and oxygen atoms in total. The highest BCUT2D eigenvalue weighted by Crippen LogP contribution is 2.26. The summed E-state index contributed by atoms with van der Waals surface area (Å²) < 4.78 is 21.6. The monoisotopic (exact) mass is 952 g/mol.